The number of aliphatic hydroxyl groups excluding tert-OH is 4. The largest absolute Gasteiger partial charge is 0.472 e. The Balaban J connectivity index is 2.65. The maximum Gasteiger partial charge on any atom is 0.472 e. The van der Waals surface area contributed by atoms with Gasteiger partial charge < -0.3 is 35.1 Å². The number of carbonyl (C=O) groups is 1. The zero-order valence-corrected chi connectivity index (χ0v) is 35.2. The molecular weight excluding hydrogens is 707 g/mol. The van der Waals surface area contributed by atoms with Crippen LogP contribution in [0.3, 0.4) is 0 Å². The van der Waals surface area contributed by atoms with Crippen LogP contribution in [0, 0.1) is 11.8 Å². The fourth-order valence-corrected chi connectivity index (χ4v) is 7.14. The molecule has 1 saturated carbocycles. The first-order chi connectivity index (χ1) is 25.7. The lowest BCUT2D eigenvalue weighted by molar-refractivity contribution is -0.870. The minimum atomic E-state index is -4.41. The fraction of sp³-hybridized carbons (Fsp3) is 0.786. The van der Waals surface area contributed by atoms with Gasteiger partial charge in [-0.2, -0.15) is 0 Å². The van der Waals surface area contributed by atoms with E-state index in [0.717, 1.165) is 32.1 Å². The Morgan fingerprint density at radius 1 is 0.815 bits per heavy atom. The molecule has 6 N–H and O–H groups in total. The number of aliphatic hydroxyl groups is 4. The van der Waals surface area contributed by atoms with Crippen molar-refractivity contribution in [2.75, 3.05) is 40.9 Å². The number of hydrogen-bond acceptors (Lipinski definition) is 8. The minimum Gasteiger partial charge on any atom is -0.393 e. The molecule has 0 bridgehead atoms. The Bertz CT molecular complexity index is 1140. The Hall–Kier alpha value is -1.66. The van der Waals surface area contributed by atoms with Gasteiger partial charge in [0.25, 0.3) is 0 Å². The Labute approximate surface area is 327 Å². The van der Waals surface area contributed by atoms with Gasteiger partial charge >= 0.3 is 7.82 Å². The van der Waals surface area contributed by atoms with Crippen LogP contribution in [-0.4, -0.2) is 107 Å². The number of allylic oxidation sites excluding steroid dienone is 5. The number of quaternary nitrogens is 1. The summed E-state index contributed by atoms with van der Waals surface area (Å²) in [5.74, 6) is -0.716. The van der Waals surface area contributed by atoms with Crippen LogP contribution < -0.4 is 5.32 Å². The van der Waals surface area contributed by atoms with Crippen LogP contribution in [0.4, 0.5) is 0 Å². The van der Waals surface area contributed by atoms with Gasteiger partial charge in [0.2, 0.25) is 5.91 Å². The van der Waals surface area contributed by atoms with Crippen LogP contribution in [0.15, 0.2) is 48.6 Å². The summed E-state index contributed by atoms with van der Waals surface area (Å²) in [5.41, 5.74) is 0. The average Bonchev–Trinajstić information content (AvgIpc) is 3.37. The Morgan fingerprint density at radius 2 is 1.44 bits per heavy atom. The lowest BCUT2D eigenvalue weighted by Gasteiger charge is -2.25. The molecule has 0 aromatic carbocycles. The first-order valence-electron chi connectivity index (χ1n) is 20.8. The van der Waals surface area contributed by atoms with Crippen molar-refractivity contribution in [1.29, 1.82) is 0 Å². The summed E-state index contributed by atoms with van der Waals surface area (Å²) in [7, 11) is 1.40. The van der Waals surface area contributed by atoms with E-state index < -0.39 is 44.9 Å². The van der Waals surface area contributed by atoms with Gasteiger partial charge in [0, 0.05) is 18.8 Å². The normalized spacial score (nSPS) is 22.5. The number of phosphoric ester groups is 1. The van der Waals surface area contributed by atoms with Crippen molar-refractivity contribution >= 4 is 13.7 Å². The van der Waals surface area contributed by atoms with Gasteiger partial charge in [-0.3, -0.25) is 13.8 Å². The monoisotopic (exact) mass is 786 g/mol. The molecule has 1 aliphatic rings. The van der Waals surface area contributed by atoms with Crippen LogP contribution in [0.25, 0.3) is 0 Å². The highest BCUT2D eigenvalue weighted by molar-refractivity contribution is 7.47. The second kappa shape index (κ2) is 29.6. The highest BCUT2D eigenvalue weighted by atomic mass is 31.2. The fourth-order valence-electron chi connectivity index (χ4n) is 6.40. The molecule has 1 fully saturated rings. The van der Waals surface area contributed by atoms with Gasteiger partial charge in [-0.05, 0) is 57.3 Å². The number of unbranched alkanes of at least 4 members (excludes halogenated alkanes) is 10. The van der Waals surface area contributed by atoms with E-state index in [1.807, 2.05) is 45.4 Å². The zero-order valence-electron chi connectivity index (χ0n) is 34.3. The highest BCUT2D eigenvalue weighted by Crippen LogP contribution is 2.43. The van der Waals surface area contributed by atoms with E-state index in [1.54, 1.807) is 12.2 Å². The third-order valence-electron chi connectivity index (χ3n) is 9.84. The number of nitrogens with one attached hydrogen (secondary N) is 1. The molecule has 11 nitrogen and oxygen atoms in total. The predicted octanol–water partition coefficient (Wildman–Crippen LogP) is 7.29. The van der Waals surface area contributed by atoms with Crippen LogP contribution in [0.2, 0.25) is 0 Å². The summed E-state index contributed by atoms with van der Waals surface area (Å²) in [6, 6.07) is -0.958. The first-order valence-corrected chi connectivity index (χ1v) is 22.3. The topological polar surface area (TPSA) is 166 Å². The molecule has 54 heavy (non-hydrogen) atoms. The highest BCUT2D eigenvalue weighted by Gasteiger charge is 2.39. The molecular formula is C42H78N2O9P+. The average molecular weight is 786 g/mol. The van der Waals surface area contributed by atoms with Crippen LogP contribution >= 0.6 is 7.82 Å². The quantitative estimate of drug-likeness (QED) is 0.0178. The standard InChI is InChI=1S/C42H77N2O9P/c1-6-8-10-11-12-13-14-15-16-17-18-23-27-39(46)38(34-53-54(50,51)52-32-31-44(3,4)5)43-42(49)28-24-20-19-22-26-36-37(41(48)33-40(36)47)30-29-35(45)25-21-9-7-2/h15-16,19,22-23,27,29-30,35-41,45-48H,6-14,17-18,20-21,24-26,28,31-34H2,1-5H3,(H-,43,49,50,51)/p+1/b16-15-,22-19+,27-23+,30-29+/t35-,36+,37+,38-,39+,40-,41+/m0/s1. The van der Waals surface area contributed by atoms with E-state index in [9.17, 15) is 34.7 Å². The van der Waals surface area contributed by atoms with Gasteiger partial charge in [-0.25, -0.2) is 4.57 Å². The lowest BCUT2D eigenvalue weighted by atomic mass is 9.89. The smallest absolute Gasteiger partial charge is 0.393 e. The van der Waals surface area contributed by atoms with Gasteiger partial charge in [0.1, 0.15) is 13.2 Å². The first kappa shape index (κ1) is 50.4. The molecule has 1 rings (SSSR count). The molecule has 1 aliphatic carbocycles. The molecule has 0 heterocycles. The number of nitrogens with zero attached hydrogens (tertiary/aromatic N) is 1. The number of likely N-dealkylation sites (N-methyl/N-ethyl adjacent to an activating group) is 1. The number of amides is 1. The van der Waals surface area contributed by atoms with Crippen molar-refractivity contribution in [3.05, 3.63) is 48.6 Å². The summed E-state index contributed by atoms with van der Waals surface area (Å²) in [4.78, 5) is 23.2. The zero-order chi connectivity index (χ0) is 40.2. The second-order valence-corrected chi connectivity index (χ2v) is 17.4. The molecule has 0 spiro atoms. The molecule has 12 heteroatoms. The lowest BCUT2D eigenvalue weighted by Crippen LogP contribution is -2.45. The molecule has 314 valence electrons. The molecule has 1 unspecified atom stereocenters. The summed E-state index contributed by atoms with van der Waals surface area (Å²) < 4.78 is 23.4. The summed E-state index contributed by atoms with van der Waals surface area (Å²) >= 11 is 0. The van der Waals surface area contributed by atoms with Crippen molar-refractivity contribution in [2.24, 2.45) is 11.8 Å². The molecule has 1 amide bonds. The summed E-state index contributed by atoms with van der Waals surface area (Å²) in [6.07, 6.45) is 28.5. The van der Waals surface area contributed by atoms with Gasteiger partial charge in [-0.1, -0.05) is 114 Å². The van der Waals surface area contributed by atoms with Crippen LogP contribution in [-0.2, 0) is 18.4 Å². The number of phosphoric acid groups is 1. The minimum absolute atomic E-state index is 0.0105. The van der Waals surface area contributed by atoms with Gasteiger partial charge in [-0.15, -0.1) is 0 Å². The Kier molecular flexibility index (Phi) is 27.6. The predicted molar refractivity (Wildman–Crippen MR) is 219 cm³/mol. The third kappa shape index (κ3) is 25.5. The van der Waals surface area contributed by atoms with E-state index in [0.29, 0.717) is 49.6 Å². The van der Waals surface area contributed by atoms with Crippen LogP contribution in [0.5, 0.6) is 0 Å². The van der Waals surface area contributed by atoms with Crippen molar-refractivity contribution in [3.63, 3.8) is 0 Å². The maximum absolute atomic E-state index is 12.9. The van der Waals surface area contributed by atoms with Gasteiger partial charge in [0.05, 0.1) is 58.2 Å². The summed E-state index contributed by atoms with van der Waals surface area (Å²) in [5, 5.41) is 45.1. The SMILES string of the molecule is CCCCCCCC/C=C\CC/C=C/[C@@H](O)[C@H](COP(=O)(O)OCC[N+](C)(C)C)NC(=O)CCC/C=C/C[C@@H]1[C@@H](/C=C/[C@@H](O)CCCCC)[C@H](O)C[C@@H]1O. The van der Waals surface area contributed by atoms with Crippen molar-refractivity contribution in [3.8, 4) is 0 Å². The number of carbonyl (C=O) groups excluding carboxylic acids is 1. The van der Waals surface area contributed by atoms with E-state index in [4.69, 9.17) is 9.05 Å². The van der Waals surface area contributed by atoms with Gasteiger partial charge in [0.15, 0.2) is 0 Å². The number of hydrogen-bond donors (Lipinski definition) is 6. The van der Waals surface area contributed by atoms with E-state index in [2.05, 4.69) is 31.3 Å². The van der Waals surface area contributed by atoms with Crippen molar-refractivity contribution < 1.29 is 48.2 Å². The molecule has 0 aromatic rings. The molecule has 0 aliphatic heterocycles. The van der Waals surface area contributed by atoms with E-state index >= 15 is 0 Å². The molecule has 0 saturated heterocycles. The Morgan fingerprint density at radius 3 is 2.17 bits per heavy atom. The molecule has 8 atom stereocenters. The van der Waals surface area contributed by atoms with Crippen molar-refractivity contribution in [1.82, 2.24) is 5.32 Å². The third-order valence-corrected chi connectivity index (χ3v) is 10.8. The second-order valence-electron chi connectivity index (χ2n) is 16.0. The van der Waals surface area contributed by atoms with Crippen LogP contribution in [0.1, 0.15) is 129 Å². The molecule has 0 aromatic heterocycles. The maximum atomic E-state index is 12.9. The number of rotatable bonds is 32. The van der Waals surface area contributed by atoms with Crippen molar-refractivity contribution in [2.45, 2.75) is 160 Å². The van der Waals surface area contributed by atoms with E-state index in [-0.39, 0.29) is 30.8 Å². The summed E-state index contributed by atoms with van der Waals surface area (Å²) in [6.45, 7) is 4.43. The van der Waals surface area contributed by atoms with E-state index in [1.165, 1.54) is 38.5 Å². The molecule has 0 radical (unpaired) electrons.